The Kier molecular flexibility index (Phi) is 5.12. The van der Waals surface area contributed by atoms with E-state index in [0.717, 1.165) is 30.8 Å². The van der Waals surface area contributed by atoms with Gasteiger partial charge in [-0.3, -0.25) is 0 Å². The molecule has 0 spiro atoms. The lowest BCUT2D eigenvalue weighted by Gasteiger charge is -2.27. The molecule has 0 bridgehead atoms. The second-order valence-electron chi connectivity index (χ2n) is 6.68. The third kappa shape index (κ3) is 4.39. The first kappa shape index (κ1) is 15.7. The minimum atomic E-state index is 0.247. The zero-order chi connectivity index (χ0) is 15.3. The van der Waals surface area contributed by atoms with E-state index in [4.69, 9.17) is 0 Å². The average Bonchev–Trinajstić information content (AvgIpc) is 2.92. The van der Waals surface area contributed by atoms with Gasteiger partial charge in [0.25, 0.3) is 0 Å². The summed E-state index contributed by atoms with van der Waals surface area (Å²) in [6.45, 7) is 9.99. The van der Waals surface area contributed by atoms with Crippen LogP contribution in [0.5, 0.6) is 0 Å². The molecule has 1 unspecified atom stereocenters. The molecule has 0 fully saturated rings. The summed E-state index contributed by atoms with van der Waals surface area (Å²) in [5.41, 5.74) is 2.43. The van der Waals surface area contributed by atoms with E-state index >= 15 is 0 Å². The van der Waals surface area contributed by atoms with Gasteiger partial charge in [0.05, 0.1) is 23.6 Å². The minimum absolute atomic E-state index is 0.247. The van der Waals surface area contributed by atoms with Crippen LogP contribution in [0.3, 0.4) is 0 Å². The third-order valence-electron chi connectivity index (χ3n) is 3.39. The molecular weight excluding hydrogens is 260 g/mol. The van der Waals surface area contributed by atoms with Crippen LogP contribution in [0.2, 0.25) is 0 Å². The van der Waals surface area contributed by atoms with Gasteiger partial charge >= 0.3 is 0 Å². The van der Waals surface area contributed by atoms with Gasteiger partial charge < -0.3 is 5.32 Å². The lowest BCUT2D eigenvalue weighted by molar-refractivity contribution is 0.305. The van der Waals surface area contributed by atoms with Gasteiger partial charge in [0.2, 0.25) is 0 Å². The quantitative estimate of drug-likeness (QED) is 0.879. The molecule has 0 aliphatic rings. The summed E-state index contributed by atoms with van der Waals surface area (Å²) in [6.07, 6.45) is 4.05. The Balaban J connectivity index is 2.30. The molecule has 114 valence electrons. The van der Waals surface area contributed by atoms with Gasteiger partial charge in [-0.2, -0.15) is 0 Å². The van der Waals surface area contributed by atoms with Gasteiger partial charge in [0.15, 0.2) is 0 Å². The molecule has 1 atom stereocenters. The van der Waals surface area contributed by atoms with Crippen molar-refractivity contribution in [2.24, 2.45) is 5.41 Å². The number of nitrogens with one attached hydrogen (secondary N) is 1. The SMILES string of the molecule is CCCNC(CC(C)(C)C)c1cnnn1-c1ccccc1. The monoisotopic (exact) mass is 286 g/mol. The second kappa shape index (κ2) is 6.85. The van der Waals surface area contributed by atoms with Crippen LogP contribution >= 0.6 is 0 Å². The van der Waals surface area contributed by atoms with Crippen LogP contribution in [-0.2, 0) is 0 Å². The van der Waals surface area contributed by atoms with E-state index in [9.17, 15) is 0 Å². The highest BCUT2D eigenvalue weighted by Gasteiger charge is 2.23. The third-order valence-corrected chi connectivity index (χ3v) is 3.39. The molecule has 21 heavy (non-hydrogen) atoms. The summed E-state index contributed by atoms with van der Waals surface area (Å²) in [5.74, 6) is 0. The van der Waals surface area contributed by atoms with E-state index in [1.165, 1.54) is 0 Å². The number of hydrogen-bond donors (Lipinski definition) is 1. The smallest absolute Gasteiger partial charge is 0.0815 e. The van der Waals surface area contributed by atoms with Crippen molar-refractivity contribution in [3.8, 4) is 5.69 Å². The van der Waals surface area contributed by atoms with Crippen LogP contribution in [0.25, 0.3) is 5.69 Å². The molecule has 4 heteroatoms. The van der Waals surface area contributed by atoms with Crippen molar-refractivity contribution in [3.63, 3.8) is 0 Å². The molecule has 2 rings (SSSR count). The van der Waals surface area contributed by atoms with Gasteiger partial charge in [0.1, 0.15) is 0 Å². The van der Waals surface area contributed by atoms with Crippen LogP contribution < -0.4 is 5.32 Å². The van der Waals surface area contributed by atoms with E-state index < -0.39 is 0 Å². The standard InChI is InChI=1S/C17H26N4/c1-5-11-18-15(12-17(2,3)4)16-13-19-20-21(16)14-9-7-6-8-10-14/h6-10,13,15,18H,5,11-12H2,1-4H3. The van der Waals surface area contributed by atoms with Gasteiger partial charge in [-0.05, 0) is 36.9 Å². The first-order valence-electron chi connectivity index (χ1n) is 7.70. The Morgan fingerprint density at radius 2 is 1.90 bits per heavy atom. The van der Waals surface area contributed by atoms with Crippen molar-refractivity contribution >= 4 is 0 Å². The zero-order valence-electron chi connectivity index (χ0n) is 13.5. The summed E-state index contributed by atoms with van der Waals surface area (Å²) in [6, 6.07) is 10.5. The highest BCUT2D eigenvalue weighted by Crippen LogP contribution is 2.29. The van der Waals surface area contributed by atoms with E-state index in [1.54, 1.807) is 0 Å². The fourth-order valence-electron chi connectivity index (χ4n) is 2.46. The first-order chi connectivity index (χ1) is 10.0. The van der Waals surface area contributed by atoms with Crippen LogP contribution in [0.15, 0.2) is 36.5 Å². The predicted molar refractivity (Wildman–Crippen MR) is 86.5 cm³/mol. The molecule has 1 N–H and O–H groups in total. The number of hydrogen-bond acceptors (Lipinski definition) is 3. The van der Waals surface area contributed by atoms with Gasteiger partial charge in [-0.1, -0.05) is 51.1 Å². The van der Waals surface area contributed by atoms with Gasteiger partial charge in [-0.25, -0.2) is 4.68 Å². The maximum Gasteiger partial charge on any atom is 0.0815 e. The molecule has 1 heterocycles. The average molecular weight is 286 g/mol. The molecule has 1 aromatic carbocycles. The fourth-order valence-corrected chi connectivity index (χ4v) is 2.46. The molecule has 0 aliphatic heterocycles. The van der Waals surface area contributed by atoms with Gasteiger partial charge in [-0.15, -0.1) is 5.10 Å². The topological polar surface area (TPSA) is 42.7 Å². The van der Waals surface area contributed by atoms with Crippen molar-refractivity contribution in [2.45, 2.75) is 46.6 Å². The maximum atomic E-state index is 4.27. The van der Waals surface area contributed by atoms with E-state index in [1.807, 2.05) is 29.1 Å². The van der Waals surface area contributed by atoms with Crippen molar-refractivity contribution in [3.05, 3.63) is 42.2 Å². The van der Waals surface area contributed by atoms with Crippen LogP contribution in [0.1, 0.15) is 52.3 Å². The van der Waals surface area contributed by atoms with Crippen molar-refractivity contribution in [2.75, 3.05) is 6.54 Å². The van der Waals surface area contributed by atoms with Crippen molar-refractivity contribution in [1.29, 1.82) is 0 Å². The summed E-state index contributed by atoms with van der Waals surface area (Å²) in [7, 11) is 0. The summed E-state index contributed by atoms with van der Waals surface area (Å²) >= 11 is 0. The zero-order valence-corrected chi connectivity index (χ0v) is 13.5. The Bertz CT molecular complexity index is 539. The molecular formula is C17H26N4. The number of rotatable bonds is 6. The Labute approximate surface area is 127 Å². The van der Waals surface area contributed by atoms with Crippen molar-refractivity contribution < 1.29 is 0 Å². The van der Waals surface area contributed by atoms with E-state index in [-0.39, 0.29) is 11.5 Å². The maximum absolute atomic E-state index is 4.27. The normalized spacial score (nSPS) is 13.3. The highest BCUT2D eigenvalue weighted by molar-refractivity contribution is 5.32. The minimum Gasteiger partial charge on any atom is -0.309 e. The Morgan fingerprint density at radius 1 is 1.19 bits per heavy atom. The summed E-state index contributed by atoms with van der Waals surface area (Å²) in [4.78, 5) is 0. The predicted octanol–water partition coefficient (Wildman–Crippen LogP) is 3.74. The second-order valence-corrected chi connectivity index (χ2v) is 6.68. The molecule has 0 aliphatic carbocycles. The number of nitrogens with zero attached hydrogens (tertiary/aromatic N) is 3. The van der Waals surface area contributed by atoms with E-state index in [0.29, 0.717) is 0 Å². The van der Waals surface area contributed by atoms with Gasteiger partial charge in [0, 0.05) is 0 Å². The lowest BCUT2D eigenvalue weighted by Crippen LogP contribution is -2.28. The highest BCUT2D eigenvalue weighted by atomic mass is 15.4. The Morgan fingerprint density at radius 3 is 2.52 bits per heavy atom. The van der Waals surface area contributed by atoms with Crippen LogP contribution in [0.4, 0.5) is 0 Å². The lowest BCUT2D eigenvalue weighted by atomic mass is 9.87. The summed E-state index contributed by atoms with van der Waals surface area (Å²) < 4.78 is 1.94. The molecule has 1 aromatic heterocycles. The number of aromatic nitrogens is 3. The molecule has 0 saturated carbocycles. The van der Waals surface area contributed by atoms with Crippen molar-refractivity contribution in [1.82, 2.24) is 20.3 Å². The molecule has 0 saturated heterocycles. The molecule has 4 nitrogen and oxygen atoms in total. The molecule has 2 aromatic rings. The molecule has 0 radical (unpaired) electrons. The number of para-hydroxylation sites is 1. The summed E-state index contributed by atoms with van der Waals surface area (Å²) in [5, 5.41) is 12.0. The largest absolute Gasteiger partial charge is 0.309 e. The first-order valence-corrected chi connectivity index (χ1v) is 7.70. The fraction of sp³-hybridized carbons (Fsp3) is 0.529. The van der Waals surface area contributed by atoms with E-state index in [2.05, 4.69) is 55.5 Å². The molecule has 0 amide bonds. The van der Waals surface area contributed by atoms with Crippen LogP contribution in [0, 0.1) is 5.41 Å². The Hall–Kier alpha value is -1.68. The van der Waals surface area contributed by atoms with Crippen LogP contribution in [-0.4, -0.2) is 21.5 Å². The number of benzene rings is 1.